The molecule has 0 bridgehead atoms. The molecular weight excluding hydrogens is 430 g/mol. The highest BCUT2D eigenvalue weighted by atomic mass is 16.5. The molecule has 0 saturated carbocycles. The molecule has 1 N–H and O–H groups in total. The van der Waals surface area contributed by atoms with Gasteiger partial charge in [-0.3, -0.25) is 14.9 Å². The first-order chi connectivity index (χ1) is 16.0. The second-order valence-corrected chi connectivity index (χ2v) is 9.86. The number of carbonyl (C=O) groups is 3. The van der Waals surface area contributed by atoms with Crippen molar-refractivity contribution in [1.82, 2.24) is 5.32 Å². The molecule has 2 aliphatic rings. The maximum Gasteiger partial charge on any atom is 0.335 e. The van der Waals surface area contributed by atoms with Crippen molar-refractivity contribution in [3.8, 4) is 5.75 Å². The Kier molecular flexibility index (Phi) is 5.98. The van der Waals surface area contributed by atoms with Crippen LogP contribution < -0.4 is 19.9 Å². The Labute approximate surface area is 200 Å². The summed E-state index contributed by atoms with van der Waals surface area (Å²) < 4.78 is 5.14. The third kappa shape index (κ3) is 4.06. The largest absolute Gasteiger partial charge is 0.497 e. The maximum absolute atomic E-state index is 13.2. The number of imide groups is 2. The summed E-state index contributed by atoms with van der Waals surface area (Å²) in [7, 11) is 1.54. The van der Waals surface area contributed by atoms with E-state index < -0.39 is 17.8 Å². The van der Waals surface area contributed by atoms with Gasteiger partial charge in [0.2, 0.25) is 0 Å². The minimum absolute atomic E-state index is 0.0268. The lowest BCUT2D eigenvalue weighted by molar-refractivity contribution is -0.122. The number of hydrogen-bond donors (Lipinski definition) is 1. The minimum Gasteiger partial charge on any atom is -0.497 e. The molecule has 0 aromatic heterocycles. The third-order valence-corrected chi connectivity index (χ3v) is 6.56. The average molecular weight is 462 g/mol. The smallest absolute Gasteiger partial charge is 0.335 e. The molecule has 2 aromatic rings. The van der Waals surface area contributed by atoms with Crippen LogP contribution in [0.1, 0.15) is 58.1 Å². The van der Waals surface area contributed by atoms with Crippen molar-refractivity contribution >= 4 is 35.3 Å². The van der Waals surface area contributed by atoms with Gasteiger partial charge in [-0.05, 0) is 93.6 Å². The number of benzene rings is 2. The second-order valence-electron chi connectivity index (χ2n) is 9.86. The van der Waals surface area contributed by atoms with E-state index in [0.717, 1.165) is 16.9 Å². The van der Waals surface area contributed by atoms with Crippen molar-refractivity contribution in [2.24, 2.45) is 0 Å². The first kappa shape index (κ1) is 23.5. The number of nitrogens with one attached hydrogen (secondary N) is 1. The predicted octanol–water partition coefficient (Wildman–Crippen LogP) is 4.86. The van der Waals surface area contributed by atoms with E-state index in [-0.39, 0.29) is 11.1 Å². The molecule has 4 rings (SSSR count). The molecule has 0 spiro atoms. The molecular formula is C27H31N3O4. The number of amides is 4. The van der Waals surface area contributed by atoms with Gasteiger partial charge in [-0.2, -0.15) is 0 Å². The molecule has 178 valence electrons. The van der Waals surface area contributed by atoms with E-state index in [4.69, 9.17) is 4.74 Å². The maximum atomic E-state index is 13.2. The van der Waals surface area contributed by atoms with Crippen LogP contribution in [0.15, 0.2) is 48.0 Å². The standard InChI is InChI=1S/C27H31N3O4/c1-16(2)30-23-12-7-18(13-21(23)17(3)15-27(30,4)5)14-22-24(31)28-26(33)29(25(22)32)19-8-10-20(34-6)11-9-19/h7-14,16-17H,15H2,1-6H3,(H,28,31,33)/b22-14+/t17-/m1/s1. The van der Waals surface area contributed by atoms with Crippen LogP contribution in [-0.4, -0.2) is 36.5 Å². The summed E-state index contributed by atoms with van der Waals surface area (Å²) in [4.78, 5) is 41.7. The lowest BCUT2D eigenvalue weighted by atomic mass is 9.78. The van der Waals surface area contributed by atoms with Crippen LogP contribution in [0.4, 0.5) is 16.2 Å². The molecule has 2 aromatic carbocycles. The molecule has 1 atom stereocenters. The SMILES string of the molecule is COc1ccc(N2C(=O)NC(=O)/C(=C\c3ccc4c(c3)[C@H](C)CC(C)(C)N4C(C)C)C2=O)cc1. The van der Waals surface area contributed by atoms with Crippen molar-refractivity contribution < 1.29 is 19.1 Å². The van der Waals surface area contributed by atoms with Crippen molar-refractivity contribution in [2.45, 2.75) is 58.5 Å². The molecule has 2 aliphatic heterocycles. The van der Waals surface area contributed by atoms with Gasteiger partial charge >= 0.3 is 6.03 Å². The Morgan fingerprint density at radius 3 is 2.38 bits per heavy atom. The number of fused-ring (bicyclic) bond motifs is 1. The van der Waals surface area contributed by atoms with Crippen LogP contribution in [0.3, 0.4) is 0 Å². The Morgan fingerprint density at radius 2 is 1.76 bits per heavy atom. The fourth-order valence-corrected chi connectivity index (χ4v) is 5.33. The number of barbiturate groups is 1. The molecule has 1 fully saturated rings. The van der Waals surface area contributed by atoms with E-state index in [0.29, 0.717) is 23.4 Å². The van der Waals surface area contributed by atoms with Crippen LogP contribution in [0.25, 0.3) is 6.08 Å². The van der Waals surface area contributed by atoms with Gasteiger partial charge in [-0.1, -0.05) is 13.0 Å². The van der Waals surface area contributed by atoms with Gasteiger partial charge in [-0.25, -0.2) is 9.69 Å². The van der Waals surface area contributed by atoms with Crippen LogP contribution >= 0.6 is 0 Å². The van der Waals surface area contributed by atoms with Gasteiger partial charge in [0.05, 0.1) is 12.8 Å². The first-order valence-electron chi connectivity index (χ1n) is 11.5. The highest BCUT2D eigenvalue weighted by Crippen LogP contribution is 2.44. The van der Waals surface area contributed by atoms with E-state index >= 15 is 0 Å². The number of nitrogens with zero attached hydrogens (tertiary/aromatic N) is 2. The van der Waals surface area contributed by atoms with Crippen LogP contribution in [0.2, 0.25) is 0 Å². The quantitative estimate of drug-likeness (QED) is 0.520. The van der Waals surface area contributed by atoms with Gasteiger partial charge in [0.1, 0.15) is 11.3 Å². The highest BCUT2D eigenvalue weighted by molar-refractivity contribution is 6.39. The van der Waals surface area contributed by atoms with Crippen molar-refractivity contribution in [3.63, 3.8) is 0 Å². The molecule has 0 radical (unpaired) electrons. The molecule has 7 heteroatoms. The fourth-order valence-electron chi connectivity index (χ4n) is 5.33. The summed E-state index contributed by atoms with van der Waals surface area (Å²) in [6.45, 7) is 11.1. The number of urea groups is 1. The zero-order chi connectivity index (χ0) is 24.8. The van der Waals surface area contributed by atoms with Crippen LogP contribution in [0.5, 0.6) is 5.75 Å². The molecule has 2 heterocycles. The Hall–Kier alpha value is -3.61. The number of methoxy groups -OCH3 is 1. The van der Waals surface area contributed by atoms with Gasteiger partial charge in [0.15, 0.2) is 0 Å². The molecule has 4 amide bonds. The van der Waals surface area contributed by atoms with E-state index in [1.165, 1.54) is 18.4 Å². The topological polar surface area (TPSA) is 79.0 Å². The van der Waals surface area contributed by atoms with Gasteiger partial charge in [0.25, 0.3) is 11.8 Å². The Morgan fingerprint density at radius 1 is 1.09 bits per heavy atom. The van der Waals surface area contributed by atoms with Crippen LogP contribution in [0, 0.1) is 0 Å². The summed E-state index contributed by atoms with van der Waals surface area (Å²) in [6, 6.07) is 12.1. The number of anilines is 2. The van der Waals surface area contributed by atoms with Gasteiger partial charge < -0.3 is 9.64 Å². The fraction of sp³-hybridized carbons (Fsp3) is 0.370. The highest BCUT2D eigenvalue weighted by Gasteiger charge is 2.39. The zero-order valence-corrected chi connectivity index (χ0v) is 20.5. The number of rotatable bonds is 4. The number of hydrogen-bond acceptors (Lipinski definition) is 5. The van der Waals surface area contributed by atoms with E-state index in [1.54, 1.807) is 30.3 Å². The Balaban J connectivity index is 1.72. The Bertz CT molecular complexity index is 1180. The van der Waals surface area contributed by atoms with E-state index in [1.807, 2.05) is 12.1 Å². The lowest BCUT2D eigenvalue weighted by Crippen LogP contribution is -2.54. The van der Waals surface area contributed by atoms with Gasteiger partial charge in [-0.15, -0.1) is 0 Å². The lowest BCUT2D eigenvalue weighted by Gasteiger charge is -2.50. The first-order valence-corrected chi connectivity index (χ1v) is 11.5. The molecule has 0 unspecified atom stereocenters. The van der Waals surface area contributed by atoms with E-state index in [9.17, 15) is 14.4 Å². The zero-order valence-electron chi connectivity index (χ0n) is 20.5. The minimum atomic E-state index is -0.772. The summed E-state index contributed by atoms with van der Waals surface area (Å²) in [5, 5.41) is 2.28. The summed E-state index contributed by atoms with van der Waals surface area (Å²) in [6.07, 6.45) is 2.56. The third-order valence-electron chi connectivity index (χ3n) is 6.56. The average Bonchev–Trinajstić information content (AvgIpc) is 2.76. The summed E-state index contributed by atoms with van der Waals surface area (Å²) >= 11 is 0. The van der Waals surface area contributed by atoms with Gasteiger partial charge in [0, 0.05) is 17.3 Å². The molecule has 34 heavy (non-hydrogen) atoms. The van der Waals surface area contributed by atoms with E-state index in [2.05, 4.69) is 50.9 Å². The molecule has 7 nitrogen and oxygen atoms in total. The number of ether oxygens (including phenoxy) is 1. The monoisotopic (exact) mass is 461 g/mol. The predicted molar refractivity (Wildman–Crippen MR) is 133 cm³/mol. The van der Waals surface area contributed by atoms with Crippen LogP contribution in [-0.2, 0) is 9.59 Å². The normalized spacial score (nSPS) is 21.1. The number of carbonyl (C=O) groups excluding carboxylic acids is 3. The second kappa shape index (κ2) is 8.63. The van der Waals surface area contributed by atoms with Crippen molar-refractivity contribution in [2.75, 3.05) is 16.9 Å². The summed E-state index contributed by atoms with van der Waals surface area (Å²) in [5.74, 6) is -0.432. The van der Waals surface area contributed by atoms with Crippen molar-refractivity contribution in [1.29, 1.82) is 0 Å². The molecule has 1 saturated heterocycles. The molecule has 0 aliphatic carbocycles. The van der Waals surface area contributed by atoms with Crippen molar-refractivity contribution in [3.05, 3.63) is 59.2 Å². The summed E-state index contributed by atoms with van der Waals surface area (Å²) in [5.41, 5.74) is 3.41.